The quantitative estimate of drug-likeness (QED) is 0.816. The summed E-state index contributed by atoms with van der Waals surface area (Å²) < 4.78 is 5.09. The van der Waals surface area contributed by atoms with E-state index in [2.05, 4.69) is 9.97 Å². The maximum absolute atomic E-state index is 12.0. The maximum Gasteiger partial charge on any atom is 0.339 e. The molecule has 22 heavy (non-hydrogen) atoms. The monoisotopic (exact) mass is 345 g/mol. The first-order chi connectivity index (χ1) is 9.61. The summed E-state index contributed by atoms with van der Waals surface area (Å²) in [6.45, 7) is 4.05. The number of aromatic nitrogens is 2. The molecular weight excluding hydrogens is 325 g/mol. The van der Waals surface area contributed by atoms with Crippen molar-refractivity contribution in [3.05, 3.63) is 41.9 Å². The summed E-state index contributed by atoms with van der Waals surface area (Å²) in [6.07, 6.45) is 4.02. The second-order valence-corrected chi connectivity index (χ2v) is 4.71. The van der Waals surface area contributed by atoms with Crippen LogP contribution in [-0.4, -0.2) is 28.6 Å². The first-order valence-corrected chi connectivity index (χ1v) is 6.66. The Balaban J connectivity index is 0.00000220. The number of rotatable bonds is 5. The molecule has 0 aromatic carbocycles. The smallest absolute Gasteiger partial charge is 0.339 e. The van der Waals surface area contributed by atoms with Crippen LogP contribution in [0.1, 0.15) is 29.9 Å². The van der Waals surface area contributed by atoms with E-state index in [0.717, 1.165) is 17.0 Å². The van der Waals surface area contributed by atoms with Gasteiger partial charge in [0.15, 0.2) is 0 Å². The molecule has 0 amide bonds. The molecule has 0 bridgehead atoms. The number of nitrogens with zero attached hydrogens (tertiary/aromatic N) is 1. The van der Waals surface area contributed by atoms with Crippen LogP contribution in [0, 0.1) is 0 Å². The van der Waals surface area contributed by atoms with Gasteiger partial charge in [-0.25, -0.2) is 4.79 Å². The van der Waals surface area contributed by atoms with Gasteiger partial charge in [0.05, 0.1) is 12.2 Å². The number of carbonyl (C=O) groups excluding carboxylic acids is 1. The Morgan fingerprint density at radius 2 is 2.00 bits per heavy atom. The standard InChI is InChI=1S/C15H19N3O2.2ClH/c1-3-20-15(19)12-9-13(11-4-6-17-7-5-11)18-14(12)8-10(2)16;;/h4-7,9-10,18H,3,8,16H2,1-2H3;2*1H. The van der Waals surface area contributed by atoms with Crippen molar-refractivity contribution in [1.29, 1.82) is 0 Å². The van der Waals surface area contributed by atoms with E-state index in [0.29, 0.717) is 18.6 Å². The van der Waals surface area contributed by atoms with E-state index < -0.39 is 0 Å². The minimum Gasteiger partial charge on any atom is -0.462 e. The van der Waals surface area contributed by atoms with E-state index in [1.807, 2.05) is 25.1 Å². The van der Waals surface area contributed by atoms with Crippen LogP contribution in [0.25, 0.3) is 11.3 Å². The van der Waals surface area contributed by atoms with Crippen molar-refractivity contribution in [3.8, 4) is 11.3 Å². The zero-order valence-electron chi connectivity index (χ0n) is 12.5. The molecule has 0 spiro atoms. The molecule has 0 aliphatic heterocycles. The molecule has 0 saturated carbocycles. The van der Waals surface area contributed by atoms with Crippen molar-refractivity contribution < 1.29 is 9.53 Å². The molecule has 2 aromatic rings. The number of hydrogen-bond donors (Lipinski definition) is 2. The molecule has 2 heterocycles. The van der Waals surface area contributed by atoms with Crippen molar-refractivity contribution in [2.75, 3.05) is 6.61 Å². The number of pyridine rings is 1. The fourth-order valence-corrected chi connectivity index (χ4v) is 2.06. The lowest BCUT2D eigenvalue weighted by molar-refractivity contribution is 0.0525. The minimum atomic E-state index is -0.320. The van der Waals surface area contributed by atoms with Gasteiger partial charge < -0.3 is 15.5 Å². The molecule has 122 valence electrons. The fourth-order valence-electron chi connectivity index (χ4n) is 2.06. The molecule has 0 aliphatic rings. The van der Waals surface area contributed by atoms with Crippen LogP contribution in [0.15, 0.2) is 30.6 Å². The van der Waals surface area contributed by atoms with Gasteiger partial charge in [0.2, 0.25) is 0 Å². The summed E-state index contributed by atoms with van der Waals surface area (Å²) in [6, 6.07) is 5.55. The number of H-pyrrole nitrogens is 1. The molecular formula is C15H21Cl2N3O2. The van der Waals surface area contributed by atoms with Crippen LogP contribution in [0.3, 0.4) is 0 Å². The topological polar surface area (TPSA) is 81.0 Å². The fraction of sp³-hybridized carbons (Fsp3) is 0.333. The molecule has 2 aromatic heterocycles. The van der Waals surface area contributed by atoms with Gasteiger partial charge in [-0.05, 0) is 32.0 Å². The molecule has 0 saturated heterocycles. The second kappa shape index (κ2) is 9.46. The van der Waals surface area contributed by atoms with Crippen LogP contribution in [0.2, 0.25) is 0 Å². The van der Waals surface area contributed by atoms with E-state index in [1.165, 1.54) is 0 Å². The Hall–Kier alpha value is -1.56. The number of nitrogens with two attached hydrogens (primary N) is 1. The molecule has 1 atom stereocenters. The van der Waals surface area contributed by atoms with Gasteiger partial charge in [-0.1, -0.05) is 0 Å². The minimum absolute atomic E-state index is 0. The van der Waals surface area contributed by atoms with Crippen LogP contribution >= 0.6 is 24.8 Å². The molecule has 0 aliphatic carbocycles. The van der Waals surface area contributed by atoms with Crippen LogP contribution < -0.4 is 5.73 Å². The van der Waals surface area contributed by atoms with Crippen molar-refractivity contribution in [2.45, 2.75) is 26.3 Å². The lowest BCUT2D eigenvalue weighted by Crippen LogP contribution is -2.20. The lowest BCUT2D eigenvalue weighted by atomic mass is 10.1. The number of halogens is 2. The average Bonchev–Trinajstić information content (AvgIpc) is 2.83. The third-order valence-electron chi connectivity index (χ3n) is 2.91. The van der Waals surface area contributed by atoms with Crippen molar-refractivity contribution in [2.24, 2.45) is 5.73 Å². The van der Waals surface area contributed by atoms with Gasteiger partial charge in [-0.3, -0.25) is 4.98 Å². The number of carbonyl (C=O) groups is 1. The SMILES string of the molecule is CCOC(=O)c1cc(-c2ccncc2)[nH]c1CC(C)N.Cl.Cl. The summed E-state index contributed by atoms with van der Waals surface area (Å²) in [5, 5.41) is 0. The summed E-state index contributed by atoms with van der Waals surface area (Å²) in [7, 11) is 0. The Morgan fingerprint density at radius 1 is 1.36 bits per heavy atom. The zero-order valence-corrected chi connectivity index (χ0v) is 14.2. The Bertz CT molecular complexity index is 586. The number of aromatic amines is 1. The normalized spacial score (nSPS) is 11.0. The van der Waals surface area contributed by atoms with Gasteiger partial charge in [0.1, 0.15) is 0 Å². The summed E-state index contributed by atoms with van der Waals surface area (Å²) in [4.78, 5) is 19.2. The van der Waals surface area contributed by atoms with Gasteiger partial charge in [0, 0.05) is 41.8 Å². The Morgan fingerprint density at radius 3 is 2.55 bits per heavy atom. The number of ether oxygens (including phenoxy) is 1. The van der Waals surface area contributed by atoms with Gasteiger partial charge >= 0.3 is 5.97 Å². The first kappa shape index (κ1) is 20.4. The van der Waals surface area contributed by atoms with Gasteiger partial charge in [0.25, 0.3) is 0 Å². The van der Waals surface area contributed by atoms with Crippen molar-refractivity contribution in [1.82, 2.24) is 9.97 Å². The predicted octanol–water partition coefficient (Wildman–Crippen LogP) is 2.99. The first-order valence-electron chi connectivity index (χ1n) is 6.66. The number of esters is 1. The molecule has 5 nitrogen and oxygen atoms in total. The highest BCUT2D eigenvalue weighted by atomic mass is 35.5. The van der Waals surface area contributed by atoms with Crippen LogP contribution in [-0.2, 0) is 11.2 Å². The highest BCUT2D eigenvalue weighted by Gasteiger charge is 2.18. The lowest BCUT2D eigenvalue weighted by Gasteiger charge is -2.06. The zero-order chi connectivity index (χ0) is 14.5. The molecule has 2 rings (SSSR count). The van der Waals surface area contributed by atoms with E-state index in [9.17, 15) is 4.79 Å². The maximum atomic E-state index is 12.0. The highest BCUT2D eigenvalue weighted by molar-refractivity contribution is 5.92. The van der Waals surface area contributed by atoms with Crippen LogP contribution in [0.4, 0.5) is 0 Å². The molecule has 0 fully saturated rings. The van der Waals surface area contributed by atoms with E-state index in [-0.39, 0.29) is 36.8 Å². The number of hydrogen-bond acceptors (Lipinski definition) is 4. The third-order valence-corrected chi connectivity index (χ3v) is 2.91. The summed E-state index contributed by atoms with van der Waals surface area (Å²) >= 11 is 0. The summed E-state index contributed by atoms with van der Waals surface area (Å²) in [5.41, 5.74) is 9.04. The molecule has 3 N–H and O–H groups in total. The van der Waals surface area contributed by atoms with Crippen molar-refractivity contribution in [3.63, 3.8) is 0 Å². The van der Waals surface area contributed by atoms with E-state index in [1.54, 1.807) is 19.3 Å². The van der Waals surface area contributed by atoms with Gasteiger partial charge in [-0.15, -0.1) is 24.8 Å². The predicted molar refractivity (Wildman–Crippen MR) is 91.8 cm³/mol. The highest BCUT2D eigenvalue weighted by Crippen LogP contribution is 2.23. The van der Waals surface area contributed by atoms with Gasteiger partial charge in [-0.2, -0.15) is 0 Å². The molecule has 1 unspecified atom stereocenters. The van der Waals surface area contributed by atoms with Crippen molar-refractivity contribution >= 4 is 30.8 Å². The molecule has 7 heteroatoms. The van der Waals surface area contributed by atoms with E-state index in [4.69, 9.17) is 10.5 Å². The molecule has 0 radical (unpaired) electrons. The third kappa shape index (κ3) is 5.02. The van der Waals surface area contributed by atoms with E-state index >= 15 is 0 Å². The largest absolute Gasteiger partial charge is 0.462 e. The second-order valence-electron chi connectivity index (χ2n) is 4.71. The average molecular weight is 346 g/mol. The number of nitrogens with one attached hydrogen (secondary N) is 1. The van der Waals surface area contributed by atoms with Crippen LogP contribution in [0.5, 0.6) is 0 Å². The Kier molecular flexibility index (Phi) is 8.79. The summed E-state index contributed by atoms with van der Waals surface area (Å²) in [5.74, 6) is -0.320. The Labute approximate surface area is 142 Å².